The van der Waals surface area contributed by atoms with Crippen LogP contribution in [0, 0.1) is 0 Å². The van der Waals surface area contributed by atoms with E-state index in [4.69, 9.17) is 4.74 Å². The molecule has 2 aliphatic rings. The zero-order valence-electron chi connectivity index (χ0n) is 17.3. The fourth-order valence-corrected chi connectivity index (χ4v) is 3.92. The van der Waals surface area contributed by atoms with Crippen molar-refractivity contribution in [1.29, 1.82) is 0 Å². The van der Waals surface area contributed by atoms with Crippen LogP contribution < -0.4 is 4.74 Å². The zero-order valence-corrected chi connectivity index (χ0v) is 17.3. The molecule has 0 spiro atoms. The molecular formula is C24H29N3O2. The van der Waals surface area contributed by atoms with Crippen molar-refractivity contribution in [3.8, 4) is 11.6 Å². The van der Waals surface area contributed by atoms with Crippen molar-refractivity contribution < 1.29 is 9.53 Å². The highest BCUT2D eigenvalue weighted by atomic mass is 16.5. The number of allylic oxidation sites excluding steroid dienone is 1. The Labute approximate surface area is 173 Å². The number of pyridine rings is 1. The number of aromatic nitrogens is 1. The molecule has 5 heteroatoms. The van der Waals surface area contributed by atoms with Crippen molar-refractivity contribution in [2.45, 2.75) is 38.1 Å². The number of fused-ring (bicyclic) bond motifs is 1. The minimum Gasteiger partial charge on any atom is -0.439 e. The van der Waals surface area contributed by atoms with Crippen LogP contribution in [0.3, 0.4) is 0 Å². The number of hydrogen-bond acceptors (Lipinski definition) is 5. The third kappa shape index (κ3) is 4.85. The minimum atomic E-state index is -0.0706. The van der Waals surface area contributed by atoms with E-state index in [0.717, 1.165) is 37.7 Å². The molecule has 4 rings (SSSR count). The van der Waals surface area contributed by atoms with Gasteiger partial charge < -0.3 is 9.64 Å². The predicted octanol–water partition coefficient (Wildman–Crippen LogP) is 4.09. The van der Waals surface area contributed by atoms with Crippen molar-refractivity contribution in [3.05, 3.63) is 65.5 Å². The second-order valence-electron chi connectivity index (χ2n) is 8.18. The van der Waals surface area contributed by atoms with Gasteiger partial charge in [-0.2, -0.15) is 0 Å². The lowest BCUT2D eigenvalue weighted by atomic mass is 9.91. The number of hydrogen-bond donors (Lipinski definition) is 0. The van der Waals surface area contributed by atoms with Gasteiger partial charge in [0.1, 0.15) is 5.75 Å². The van der Waals surface area contributed by atoms with Gasteiger partial charge in [-0.1, -0.05) is 12.5 Å². The maximum Gasteiger partial charge on any atom is 0.219 e. The third-order valence-electron chi connectivity index (χ3n) is 5.87. The molecule has 1 aromatic carbocycles. The van der Waals surface area contributed by atoms with Gasteiger partial charge in [-0.3, -0.25) is 9.69 Å². The topological polar surface area (TPSA) is 45.7 Å². The number of benzene rings is 1. The number of carbonyl (C=O) groups is 1. The van der Waals surface area contributed by atoms with Crippen molar-refractivity contribution >= 4 is 5.78 Å². The second-order valence-corrected chi connectivity index (χ2v) is 8.18. The van der Waals surface area contributed by atoms with Gasteiger partial charge in [0, 0.05) is 63.3 Å². The molecule has 1 aliphatic heterocycles. The summed E-state index contributed by atoms with van der Waals surface area (Å²) in [6.07, 6.45) is 11.1. The van der Waals surface area contributed by atoms with Crippen molar-refractivity contribution in [1.82, 2.24) is 14.8 Å². The number of ether oxygens (including phenoxy) is 1. The summed E-state index contributed by atoms with van der Waals surface area (Å²) in [5.41, 5.74) is 3.36. The molecule has 2 aromatic rings. The van der Waals surface area contributed by atoms with Crippen LogP contribution in [0.15, 0.2) is 48.8 Å². The number of rotatable bonds is 6. The fraction of sp³-hybridized carbons (Fsp3) is 0.417. The molecule has 1 aliphatic carbocycles. The Morgan fingerprint density at radius 2 is 1.93 bits per heavy atom. The standard InChI is InChI=1S/C24H29N3O2/c1-26(2)13-12-23(28)20-7-9-24(25-17-20)29-22-8-6-18-10-14-27(21-4-3-5-21)15-11-19(18)16-22/h6-9,12-13,16-17,21H,3-5,10-11,14-15H2,1-2H3. The van der Waals surface area contributed by atoms with Crippen LogP contribution in [-0.4, -0.2) is 53.8 Å². The van der Waals surface area contributed by atoms with Gasteiger partial charge in [0.25, 0.3) is 0 Å². The van der Waals surface area contributed by atoms with Crippen LogP contribution in [0.1, 0.15) is 40.7 Å². The summed E-state index contributed by atoms with van der Waals surface area (Å²) in [6, 6.07) is 10.7. The summed E-state index contributed by atoms with van der Waals surface area (Å²) in [7, 11) is 3.76. The van der Waals surface area contributed by atoms with Gasteiger partial charge >= 0.3 is 0 Å². The first-order chi connectivity index (χ1) is 14.1. The van der Waals surface area contributed by atoms with E-state index in [-0.39, 0.29) is 5.78 Å². The lowest BCUT2D eigenvalue weighted by Crippen LogP contribution is -2.41. The average Bonchev–Trinajstić information content (AvgIpc) is 2.88. The first-order valence-electron chi connectivity index (χ1n) is 10.5. The molecule has 0 amide bonds. The van der Waals surface area contributed by atoms with Crippen LogP contribution in [0.4, 0.5) is 0 Å². The molecule has 0 unspecified atom stereocenters. The molecule has 0 bridgehead atoms. The second kappa shape index (κ2) is 8.78. The molecule has 152 valence electrons. The summed E-state index contributed by atoms with van der Waals surface area (Å²) in [6.45, 7) is 2.30. The molecule has 2 heterocycles. The molecular weight excluding hydrogens is 362 g/mol. The molecule has 0 radical (unpaired) electrons. The quantitative estimate of drug-likeness (QED) is 0.548. The number of nitrogens with zero attached hydrogens (tertiary/aromatic N) is 3. The van der Waals surface area contributed by atoms with Gasteiger partial charge in [0.2, 0.25) is 5.88 Å². The highest BCUT2D eigenvalue weighted by Crippen LogP contribution is 2.29. The Kier molecular flexibility index (Phi) is 5.95. The van der Waals surface area contributed by atoms with E-state index in [1.807, 2.05) is 25.1 Å². The van der Waals surface area contributed by atoms with E-state index >= 15 is 0 Å². The summed E-state index contributed by atoms with van der Waals surface area (Å²) in [5, 5.41) is 0. The van der Waals surface area contributed by atoms with Crippen LogP contribution >= 0.6 is 0 Å². The van der Waals surface area contributed by atoms with Crippen LogP contribution in [0.2, 0.25) is 0 Å². The first kappa shape index (κ1) is 19.6. The van der Waals surface area contributed by atoms with Gasteiger partial charge in [0.15, 0.2) is 5.78 Å². The first-order valence-corrected chi connectivity index (χ1v) is 10.5. The van der Waals surface area contributed by atoms with Crippen molar-refractivity contribution in [2.24, 2.45) is 0 Å². The van der Waals surface area contributed by atoms with Gasteiger partial charge in [0.05, 0.1) is 0 Å². The molecule has 0 atom stereocenters. The Morgan fingerprint density at radius 3 is 2.59 bits per heavy atom. The van der Waals surface area contributed by atoms with Crippen molar-refractivity contribution in [2.75, 3.05) is 27.2 Å². The SMILES string of the molecule is CN(C)C=CC(=O)c1ccc(Oc2ccc3c(c2)CCN(C2CCC2)CC3)nc1. The van der Waals surface area contributed by atoms with E-state index in [0.29, 0.717) is 11.4 Å². The van der Waals surface area contributed by atoms with Gasteiger partial charge in [-0.25, -0.2) is 4.98 Å². The zero-order chi connectivity index (χ0) is 20.2. The Hall–Kier alpha value is -2.66. The van der Waals surface area contributed by atoms with Crippen LogP contribution in [-0.2, 0) is 12.8 Å². The van der Waals surface area contributed by atoms with Crippen molar-refractivity contribution in [3.63, 3.8) is 0 Å². The molecule has 1 fully saturated rings. The number of ketones is 1. The highest BCUT2D eigenvalue weighted by molar-refractivity contribution is 6.04. The Bertz CT molecular complexity index is 885. The summed E-state index contributed by atoms with van der Waals surface area (Å²) >= 11 is 0. The smallest absolute Gasteiger partial charge is 0.219 e. The largest absolute Gasteiger partial charge is 0.439 e. The fourth-order valence-electron chi connectivity index (χ4n) is 3.92. The summed E-state index contributed by atoms with van der Waals surface area (Å²) < 4.78 is 5.96. The Balaban J connectivity index is 1.40. The Morgan fingerprint density at radius 1 is 1.14 bits per heavy atom. The summed E-state index contributed by atoms with van der Waals surface area (Å²) in [5.74, 6) is 1.24. The minimum absolute atomic E-state index is 0.0706. The number of carbonyl (C=O) groups excluding carboxylic acids is 1. The molecule has 0 saturated heterocycles. The van der Waals surface area contributed by atoms with Crippen LogP contribution in [0.5, 0.6) is 11.6 Å². The summed E-state index contributed by atoms with van der Waals surface area (Å²) in [4.78, 5) is 20.9. The predicted molar refractivity (Wildman–Crippen MR) is 115 cm³/mol. The molecule has 0 N–H and O–H groups in total. The maximum atomic E-state index is 12.1. The average molecular weight is 392 g/mol. The van der Waals surface area contributed by atoms with E-state index in [1.54, 1.807) is 24.5 Å². The maximum absolute atomic E-state index is 12.1. The highest BCUT2D eigenvalue weighted by Gasteiger charge is 2.26. The van der Waals surface area contributed by atoms with E-state index in [9.17, 15) is 4.79 Å². The monoisotopic (exact) mass is 391 g/mol. The van der Waals surface area contributed by atoms with Gasteiger partial charge in [-0.15, -0.1) is 0 Å². The lowest BCUT2D eigenvalue weighted by Gasteiger charge is -2.36. The lowest BCUT2D eigenvalue weighted by molar-refractivity contribution is 0.104. The molecule has 1 saturated carbocycles. The van der Waals surface area contributed by atoms with Gasteiger partial charge in [-0.05, 0) is 55.0 Å². The van der Waals surface area contributed by atoms with E-state index in [2.05, 4.69) is 22.0 Å². The van der Waals surface area contributed by atoms with E-state index < -0.39 is 0 Å². The molecule has 1 aromatic heterocycles. The van der Waals surface area contributed by atoms with E-state index in [1.165, 1.54) is 36.5 Å². The van der Waals surface area contributed by atoms with Crippen LogP contribution in [0.25, 0.3) is 0 Å². The normalized spacial score (nSPS) is 17.4. The molecule has 29 heavy (non-hydrogen) atoms. The third-order valence-corrected chi connectivity index (χ3v) is 5.87. The molecule has 5 nitrogen and oxygen atoms in total.